The normalized spacial score (nSPS) is 24.3. The molecule has 7 heteroatoms. The highest BCUT2D eigenvalue weighted by Crippen LogP contribution is 2.44. The van der Waals surface area contributed by atoms with Crippen LogP contribution in [-0.2, 0) is 6.18 Å². The maximum Gasteiger partial charge on any atom is 0.416 e. The molecule has 1 amide bonds. The summed E-state index contributed by atoms with van der Waals surface area (Å²) in [5, 5.41) is 11.9. The zero-order valence-corrected chi connectivity index (χ0v) is 16.1. The third-order valence-corrected chi connectivity index (χ3v) is 6.61. The quantitative estimate of drug-likeness (QED) is 0.617. The lowest BCUT2D eigenvalue weighted by atomic mass is 9.64. The first kappa shape index (κ1) is 20.9. The van der Waals surface area contributed by atoms with Gasteiger partial charge < -0.3 is 10.4 Å². The van der Waals surface area contributed by atoms with Gasteiger partial charge in [0.1, 0.15) is 0 Å². The number of amides is 1. The third-order valence-electron chi connectivity index (χ3n) is 5.39. The first-order valence-corrected chi connectivity index (χ1v) is 9.73. The van der Waals surface area contributed by atoms with Crippen LogP contribution >= 0.6 is 11.8 Å². The Balaban J connectivity index is 1.95. The zero-order valence-electron chi connectivity index (χ0n) is 15.3. The van der Waals surface area contributed by atoms with Crippen LogP contribution in [0.15, 0.2) is 29.2 Å². The topological polar surface area (TPSA) is 49.3 Å². The van der Waals surface area contributed by atoms with Gasteiger partial charge in [0, 0.05) is 16.2 Å². The molecule has 3 nitrogen and oxygen atoms in total. The molecule has 0 aliphatic heterocycles. The van der Waals surface area contributed by atoms with Gasteiger partial charge in [-0.3, -0.25) is 0 Å². The molecule has 1 fully saturated rings. The molecule has 0 atom stereocenters. The molecule has 0 bridgehead atoms. The van der Waals surface area contributed by atoms with Crippen LogP contribution in [0.1, 0.15) is 52.0 Å². The van der Waals surface area contributed by atoms with Crippen LogP contribution in [0.25, 0.3) is 0 Å². The SMILES string of the molecule is CC(C)(C)C1(NC(=O)O)CCC(CSc2cccc(C(F)(F)F)c2)CC1. The first-order valence-electron chi connectivity index (χ1n) is 8.74. The molecule has 0 saturated heterocycles. The summed E-state index contributed by atoms with van der Waals surface area (Å²) in [5.41, 5.74) is -1.26. The van der Waals surface area contributed by atoms with Crippen LogP contribution in [0.4, 0.5) is 18.0 Å². The highest BCUT2D eigenvalue weighted by Gasteiger charge is 2.45. The highest BCUT2D eigenvalue weighted by molar-refractivity contribution is 7.99. The van der Waals surface area contributed by atoms with Crippen LogP contribution in [0, 0.1) is 11.3 Å². The number of rotatable bonds is 4. The van der Waals surface area contributed by atoms with E-state index in [1.165, 1.54) is 23.9 Å². The smallest absolute Gasteiger partial charge is 0.416 e. The molecule has 146 valence electrons. The molecule has 1 aliphatic rings. The molecule has 1 aliphatic carbocycles. The minimum absolute atomic E-state index is 0.190. The van der Waals surface area contributed by atoms with E-state index in [2.05, 4.69) is 5.32 Å². The number of hydrogen-bond acceptors (Lipinski definition) is 2. The molecule has 2 rings (SSSR count). The number of alkyl halides is 3. The van der Waals surface area contributed by atoms with Crippen molar-refractivity contribution < 1.29 is 23.1 Å². The van der Waals surface area contributed by atoms with Crippen molar-refractivity contribution in [2.24, 2.45) is 11.3 Å². The largest absolute Gasteiger partial charge is 0.465 e. The number of carboxylic acid groups (broad SMARTS) is 1. The Morgan fingerprint density at radius 2 is 1.88 bits per heavy atom. The second kappa shape index (κ2) is 7.71. The molecule has 2 N–H and O–H groups in total. The lowest BCUT2D eigenvalue weighted by molar-refractivity contribution is -0.137. The average Bonchev–Trinajstić information content (AvgIpc) is 2.52. The van der Waals surface area contributed by atoms with Gasteiger partial charge in [0.15, 0.2) is 0 Å². The Morgan fingerprint density at radius 1 is 1.27 bits per heavy atom. The molecule has 1 aromatic rings. The van der Waals surface area contributed by atoms with E-state index in [1.54, 1.807) is 6.07 Å². The van der Waals surface area contributed by atoms with Gasteiger partial charge in [0.25, 0.3) is 0 Å². The van der Waals surface area contributed by atoms with Gasteiger partial charge in [-0.25, -0.2) is 4.79 Å². The molecule has 0 radical (unpaired) electrons. The van der Waals surface area contributed by atoms with Crippen LogP contribution in [0.2, 0.25) is 0 Å². The summed E-state index contributed by atoms with van der Waals surface area (Å²) >= 11 is 1.44. The second-order valence-electron chi connectivity index (χ2n) is 8.04. The molecule has 26 heavy (non-hydrogen) atoms. The molecule has 1 saturated carbocycles. The fourth-order valence-electron chi connectivity index (χ4n) is 3.58. The van der Waals surface area contributed by atoms with Crippen LogP contribution < -0.4 is 5.32 Å². The monoisotopic (exact) mass is 389 g/mol. The fourth-order valence-corrected chi connectivity index (χ4v) is 4.73. The van der Waals surface area contributed by atoms with Gasteiger partial charge in [0.05, 0.1) is 5.56 Å². The van der Waals surface area contributed by atoms with Crippen molar-refractivity contribution in [2.45, 2.75) is 63.1 Å². The maximum absolute atomic E-state index is 12.8. The molecule has 0 spiro atoms. The minimum Gasteiger partial charge on any atom is -0.465 e. The first-order chi connectivity index (χ1) is 11.9. The van der Waals surface area contributed by atoms with Crippen LogP contribution in [0.3, 0.4) is 0 Å². The van der Waals surface area contributed by atoms with Crippen LogP contribution in [-0.4, -0.2) is 22.5 Å². The molecular formula is C19H26F3NO2S. The summed E-state index contributed by atoms with van der Waals surface area (Å²) in [6.07, 6.45) is -2.10. The van der Waals surface area contributed by atoms with E-state index in [1.807, 2.05) is 20.8 Å². The Labute approximate surface area is 156 Å². The summed E-state index contributed by atoms with van der Waals surface area (Å²) in [5.74, 6) is 1.12. The van der Waals surface area contributed by atoms with Crippen LogP contribution in [0.5, 0.6) is 0 Å². The Morgan fingerprint density at radius 3 is 2.38 bits per heavy atom. The summed E-state index contributed by atoms with van der Waals surface area (Å²) in [6, 6.07) is 5.42. The summed E-state index contributed by atoms with van der Waals surface area (Å²) in [6.45, 7) is 6.13. The Bertz CT molecular complexity index is 632. The predicted molar refractivity (Wildman–Crippen MR) is 97.5 cm³/mol. The average molecular weight is 389 g/mol. The number of nitrogens with one attached hydrogen (secondary N) is 1. The number of hydrogen-bond donors (Lipinski definition) is 2. The third kappa shape index (κ3) is 5.09. The molecule has 0 unspecified atom stereocenters. The molecule has 0 aromatic heterocycles. The number of thioether (sulfide) groups is 1. The van der Waals surface area contributed by atoms with Gasteiger partial charge in [-0.05, 0) is 55.2 Å². The second-order valence-corrected chi connectivity index (χ2v) is 9.14. The van der Waals surface area contributed by atoms with E-state index in [0.29, 0.717) is 10.8 Å². The minimum atomic E-state index is -4.32. The van der Waals surface area contributed by atoms with Crippen molar-refractivity contribution in [3.05, 3.63) is 29.8 Å². The lowest BCUT2D eigenvalue weighted by Crippen LogP contribution is -2.58. The molecular weight excluding hydrogens is 363 g/mol. The highest BCUT2D eigenvalue weighted by atomic mass is 32.2. The summed E-state index contributed by atoms with van der Waals surface area (Å²) in [4.78, 5) is 11.8. The van der Waals surface area contributed by atoms with E-state index < -0.39 is 23.4 Å². The van der Waals surface area contributed by atoms with Gasteiger partial charge in [-0.1, -0.05) is 26.8 Å². The van der Waals surface area contributed by atoms with Gasteiger partial charge in [-0.2, -0.15) is 13.2 Å². The van der Waals surface area contributed by atoms with Crippen molar-refractivity contribution in [2.75, 3.05) is 5.75 Å². The molecule has 0 heterocycles. The van der Waals surface area contributed by atoms with Crippen molar-refractivity contribution in [3.8, 4) is 0 Å². The lowest BCUT2D eigenvalue weighted by Gasteiger charge is -2.49. The standard InChI is InChI=1S/C19H26F3NO2S/c1-17(2,3)18(23-16(24)25)9-7-13(8-10-18)12-26-15-6-4-5-14(11-15)19(20,21)22/h4-6,11,13,23H,7-10,12H2,1-3H3,(H,24,25). The number of benzene rings is 1. The zero-order chi connectivity index (χ0) is 19.6. The van der Waals surface area contributed by atoms with Crippen molar-refractivity contribution in [1.29, 1.82) is 0 Å². The van der Waals surface area contributed by atoms with Gasteiger partial charge in [-0.15, -0.1) is 11.8 Å². The number of carbonyl (C=O) groups is 1. The van der Waals surface area contributed by atoms with E-state index in [-0.39, 0.29) is 5.41 Å². The van der Waals surface area contributed by atoms with E-state index in [4.69, 9.17) is 0 Å². The maximum atomic E-state index is 12.8. The van der Waals surface area contributed by atoms with Gasteiger partial charge in [0.2, 0.25) is 0 Å². The summed E-state index contributed by atoms with van der Waals surface area (Å²) in [7, 11) is 0. The van der Waals surface area contributed by atoms with E-state index in [0.717, 1.165) is 37.5 Å². The Hall–Kier alpha value is -1.37. The number of halogens is 3. The predicted octanol–water partition coefficient (Wildman–Crippen LogP) is 6.04. The van der Waals surface area contributed by atoms with Gasteiger partial charge >= 0.3 is 12.3 Å². The van der Waals surface area contributed by atoms with Crippen molar-refractivity contribution in [3.63, 3.8) is 0 Å². The molecule has 1 aromatic carbocycles. The van der Waals surface area contributed by atoms with Crippen molar-refractivity contribution >= 4 is 17.9 Å². The van der Waals surface area contributed by atoms with Crippen molar-refractivity contribution in [1.82, 2.24) is 5.32 Å². The summed E-state index contributed by atoms with van der Waals surface area (Å²) < 4.78 is 38.4. The van der Waals surface area contributed by atoms with E-state index in [9.17, 15) is 23.1 Å². The fraction of sp³-hybridized carbons (Fsp3) is 0.632. The Kier molecular flexibility index (Phi) is 6.20. The van der Waals surface area contributed by atoms with E-state index >= 15 is 0 Å².